The van der Waals surface area contributed by atoms with E-state index in [1.54, 1.807) is 6.07 Å². The summed E-state index contributed by atoms with van der Waals surface area (Å²) in [7, 11) is 2.17. The number of benzene rings is 2. The molecule has 5 heteroatoms. The quantitative estimate of drug-likeness (QED) is 0.763. The monoisotopic (exact) mass is 381 g/mol. The van der Waals surface area contributed by atoms with Gasteiger partial charge >= 0.3 is 0 Å². The van der Waals surface area contributed by atoms with Crippen molar-refractivity contribution in [2.24, 2.45) is 0 Å². The molecular formula is C23H31N3O2. The summed E-state index contributed by atoms with van der Waals surface area (Å²) in [4.78, 5) is 17.3. The second kappa shape index (κ2) is 10.2. The van der Waals surface area contributed by atoms with Crippen LogP contribution in [-0.2, 0) is 13.1 Å². The summed E-state index contributed by atoms with van der Waals surface area (Å²) < 4.78 is 5.62. The average Bonchev–Trinajstić information content (AvgIpc) is 2.73. The molecule has 1 aliphatic rings. The van der Waals surface area contributed by atoms with Crippen molar-refractivity contribution in [3.05, 3.63) is 65.2 Å². The fourth-order valence-corrected chi connectivity index (χ4v) is 3.33. The number of likely N-dealkylation sites (N-methyl/N-ethyl adjacent to an activating group) is 1. The highest BCUT2D eigenvalue weighted by Gasteiger charge is 2.14. The van der Waals surface area contributed by atoms with Crippen molar-refractivity contribution in [1.29, 1.82) is 0 Å². The lowest BCUT2D eigenvalue weighted by atomic mass is 10.1. The first-order valence-electron chi connectivity index (χ1n) is 10.1. The topological polar surface area (TPSA) is 44.8 Å². The molecule has 1 heterocycles. The standard InChI is InChI=1S/C23H31N3O2/c1-3-14-28-22-9-5-8-21(16-22)23(27)24-17-19-6-4-7-20(15-19)18-26-12-10-25(2)11-13-26/h4-9,15-16H,3,10-14,17-18H2,1-2H3,(H,24,27). The van der Waals surface area contributed by atoms with E-state index in [-0.39, 0.29) is 5.91 Å². The first-order chi connectivity index (χ1) is 13.6. The lowest BCUT2D eigenvalue weighted by molar-refractivity contribution is 0.0950. The normalized spacial score (nSPS) is 15.4. The number of carbonyl (C=O) groups is 1. The molecule has 1 saturated heterocycles. The van der Waals surface area contributed by atoms with Crippen molar-refractivity contribution < 1.29 is 9.53 Å². The number of piperazine rings is 1. The molecule has 0 unspecified atom stereocenters. The van der Waals surface area contributed by atoms with Crippen LogP contribution in [0.3, 0.4) is 0 Å². The van der Waals surface area contributed by atoms with Gasteiger partial charge in [-0.3, -0.25) is 9.69 Å². The minimum absolute atomic E-state index is 0.0774. The Bertz CT molecular complexity index is 770. The van der Waals surface area contributed by atoms with E-state index in [2.05, 4.69) is 53.4 Å². The maximum absolute atomic E-state index is 12.5. The maximum atomic E-state index is 12.5. The molecule has 3 rings (SSSR count). The van der Waals surface area contributed by atoms with Crippen LogP contribution in [0.4, 0.5) is 0 Å². The summed E-state index contributed by atoms with van der Waals surface area (Å²) in [6.45, 7) is 8.66. The molecule has 0 radical (unpaired) electrons. The fourth-order valence-electron chi connectivity index (χ4n) is 3.33. The molecule has 1 amide bonds. The van der Waals surface area contributed by atoms with E-state index in [9.17, 15) is 4.79 Å². The predicted molar refractivity (Wildman–Crippen MR) is 113 cm³/mol. The largest absolute Gasteiger partial charge is 0.494 e. The lowest BCUT2D eigenvalue weighted by Gasteiger charge is -2.32. The summed E-state index contributed by atoms with van der Waals surface area (Å²) in [6.07, 6.45) is 0.945. The molecule has 5 nitrogen and oxygen atoms in total. The van der Waals surface area contributed by atoms with Crippen LogP contribution in [0.2, 0.25) is 0 Å². The van der Waals surface area contributed by atoms with Crippen LogP contribution >= 0.6 is 0 Å². The summed E-state index contributed by atoms with van der Waals surface area (Å²) in [6, 6.07) is 15.9. The third kappa shape index (κ3) is 6.08. The molecule has 0 aliphatic carbocycles. The van der Waals surface area contributed by atoms with Crippen molar-refractivity contribution in [3.8, 4) is 5.75 Å². The van der Waals surface area contributed by atoms with Gasteiger partial charge in [0.15, 0.2) is 0 Å². The highest BCUT2D eigenvalue weighted by molar-refractivity contribution is 5.94. The van der Waals surface area contributed by atoms with Crippen LogP contribution in [0, 0.1) is 0 Å². The molecular weight excluding hydrogens is 350 g/mol. The van der Waals surface area contributed by atoms with Crippen LogP contribution in [0.1, 0.15) is 34.8 Å². The Hall–Kier alpha value is -2.37. The summed E-state index contributed by atoms with van der Waals surface area (Å²) in [5.41, 5.74) is 3.05. The fraction of sp³-hybridized carbons (Fsp3) is 0.435. The van der Waals surface area contributed by atoms with Gasteiger partial charge in [-0.15, -0.1) is 0 Å². The summed E-state index contributed by atoms with van der Waals surface area (Å²) in [5, 5.41) is 3.02. The highest BCUT2D eigenvalue weighted by atomic mass is 16.5. The van der Waals surface area contributed by atoms with Gasteiger partial charge in [-0.1, -0.05) is 37.3 Å². The molecule has 1 fully saturated rings. The van der Waals surface area contributed by atoms with E-state index in [0.717, 1.165) is 50.5 Å². The van der Waals surface area contributed by atoms with Crippen molar-refractivity contribution in [3.63, 3.8) is 0 Å². The van der Waals surface area contributed by atoms with Gasteiger partial charge in [0.1, 0.15) is 5.75 Å². The minimum Gasteiger partial charge on any atom is -0.494 e. The number of hydrogen-bond acceptors (Lipinski definition) is 4. The Morgan fingerprint density at radius 2 is 1.79 bits per heavy atom. The Kier molecular flexibility index (Phi) is 7.46. The maximum Gasteiger partial charge on any atom is 0.251 e. The van der Waals surface area contributed by atoms with Gasteiger partial charge in [-0.25, -0.2) is 0 Å². The third-order valence-electron chi connectivity index (χ3n) is 5.02. The molecule has 2 aromatic rings. The second-order valence-corrected chi connectivity index (χ2v) is 7.46. The number of ether oxygens (including phenoxy) is 1. The zero-order valence-electron chi connectivity index (χ0n) is 17.0. The van der Waals surface area contributed by atoms with Gasteiger partial charge in [0.25, 0.3) is 5.91 Å². The summed E-state index contributed by atoms with van der Waals surface area (Å²) in [5.74, 6) is 0.662. The number of hydrogen-bond donors (Lipinski definition) is 1. The van der Waals surface area contributed by atoms with Crippen molar-refractivity contribution >= 4 is 5.91 Å². The van der Waals surface area contributed by atoms with Gasteiger partial charge < -0.3 is 15.0 Å². The number of rotatable bonds is 8. The van der Waals surface area contributed by atoms with E-state index in [1.807, 2.05) is 18.2 Å². The van der Waals surface area contributed by atoms with Crippen molar-refractivity contribution in [1.82, 2.24) is 15.1 Å². The number of carbonyl (C=O) groups excluding carboxylic acids is 1. The van der Waals surface area contributed by atoms with E-state index in [1.165, 1.54) is 5.56 Å². The van der Waals surface area contributed by atoms with Gasteiger partial charge in [0.2, 0.25) is 0 Å². The molecule has 0 atom stereocenters. The van der Waals surface area contributed by atoms with Crippen molar-refractivity contribution in [2.45, 2.75) is 26.4 Å². The van der Waals surface area contributed by atoms with E-state index in [4.69, 9.17) is 4.74 Å². The molecule has 0 spiro atoms. The minimum atomic E-state index is -0.0774. The highest BCUT2D eigenvalue weighted by Crippen LogP contribution is 2.14. The molecule has 28 heavy (non-hydrogen) atoms. The van der Waals surface area contributed by atoms with E-state index in [0.29, 0.717) is 18.7 Å². The van der Waals surface area contributed by atoms with Crippen LogP contribution < -0.4 is 10.1 Å². The number of nitrogens with one attached hydrogen (secondary N) is 1. The van der Waals surface area contributed by atoms with Gasteiger partial charge in [-0.2, -0.15) is 0 Å². The molecule has 0 bridgehead atoms. The van der Waals surface area contributed by atoms with Crippen LogP contribution in [-0.4, -0.2) is 55.5 Å². The van der Waals surface area contributed by atoms with Gasteiger partial charge in [0, 0.05) is 44.8 Å². The molecule has 0 saturated carbocycles. The molecule has 150 valence electrons. The Labute approximate surface area is 168 Å². The van der Waals surface area contributed by atoms with Gasteiger partial charge in [0.05, 0.1) is 6.61 Å². The Balaban J connectivity index is 1.53. The lowest BCUT2D eigenvalue weighted by Crippen LogP contribution is -2.43. The predicted octanol–water partition coefficient (Wildman–Crippen LogP) is 3.15. The SMILES string of the molecule is CCCOc1cccc(C(=O)NCc2cccc(CN3CCN(C)CC3)c2)c1. The van der Waals surface area contributed by atoms with E-state index < -0.39 is 0 Å². The van der Waals surface area contributed by atoms with Crippen LogP contribution in [0.5, 0.6) is 5.75 Å². The Morgan fingerprint density at radius 3 is 2.57 bits per heavy atom. The zero-order valence-corrected chi connectivity index (χ0v) is 17.0. The molecule has 2 aromatic carbocycles. The molecule has 1 N–H and O–H groups in total. The summed E-state index contributed by atoms with van der Waals surface area (Å²) >= 11 is 0. The first kappa shape index (κ1) is 20.4. The number of nitrogens with zero attached hydrogens (tertiary/aromatic N) is 2. The van der Waals surface area contributed by atoms with Gasteiger partial charge in [-0.05, 0) is 42.8 Å². The second-order valence-electron chi connectivity index (χ2n) is 7.46. The zero-order chi connectivity index (χ0) is 19.8. The third-order valence-corrected chi connectivity index (χ3v) is 5.02. The smallest absolute Gasteiger partial charge is 0.251 e. The molecule has 1 aliphatic heterocycles. The molecule has 0 aromatic heterocycles. The van der Waals surface area contributed by atoms with Crippen molar-refractivity contribution in [2.75, 3.05) is 39.8 Å². The van der Waals surface area contributed by atoms with Crippen LogP contribution in [0.25, 0.3) is 0 Å². The van der Waals surface area contributed by atoms with E-state index >= 15 is 0 Å². The Morgan fingerprint density at radius 1 is 1.04 bits per heavy atom. The average molecular weight is 382 g/mol. The van der Waals surface area contributed by atoms with Crippen LogP contribution in [0.15, 0.2) is 48.5 Å². The number of amides is 1. The first-order valence-corrected chi connectivity index (χ1v) is 10.1.